The van der Waals surface area contributed by atoms with E-state index in [9.17, 15) is 17.6 Å². The van der Waals surface area contributed by atoms with E-state index in [0.717, 1.165) is 37.7 Å². The number of amidine groups is 1. The van der Waals surface area contributed by atoms with Gasteiger partial charge in [-0.05, 0) is 56.8 Å². The standard InChI is InChI=1S/C25H31FN4O3S/c1-25(2,16-27-24(31)18-8-7-13-29(3)15-18)17-30(20-9-5-4-6-10-20)23-21-12-11-19(26)14-22(21)34(32,33)28-23/h4-6,9-12,14,18H,7-8,13,15-17H2,1-3H3,(H,27,31). The highest BCUT2D eigenvalue weighted by Gasteiger charge is 2.35. The molecular weight excluding hydrogens is 455 g/mol. The van der Waals surface area contributed by atoms with Crippen molar-refractivity contribution in [1.82, 2.24) is 10.2 Å². The molecule has 1 atom stereocenters. The van der Waals surface area contributed by atoms with Gasteiger partial charge >= 0.3 is 0 Å². The van der Waals surface area contributed by atoms with E-state index in [1.54, 1.807) is 0 Å². The first-order valence-corrected chi connectivity index (χ1v) is 12.9. The van der Waals surface area contributed by atoms with E-state index in [1.807, 2.05) is 56.1 Å². The number of para-hydroxylation sites is 1. The number of rotatable bonds is 6. The van der Waals surface area contributed by atoms with Crippen molar-refractivity contribution in [3.05, 3.63) is 59.9 Å². The second kappa shape index (κ2) is 9.46. The molecule has 34 heavy (non-hydrogen) atoms. The number of carbonyl (C=O) groups is 1. The minimum atomic E-state index is -4.00. The maximum atomic E-state index is 13.8. The zero-order chi connectivity index (χ0) is 24.5. The van der Waals surface area contributed by atoms with Crippen molar-refractivity contribution in [2.45, 2.75) is 31.6 Å². The summed E-state index contributed by atoms with van der Waals surface area (Å²) in [6.45, 7) is 6.62. The molecule has 1 unspecified atom stereocenters. The summed E-state index contributed by atoms with van der Waals surface area (Å²) in [5.41, 5.74) is 0.721. The van der Waals surface area contributed by atoms with Gasteiger partial charge in [-0.15, -0.1) is 4.40 Å². The van der Waals surface area contributed by atoms with Gasteiger partial charge in [-0.25, -0.2) is 4.39 Å². The molecule has 1 N–H and O–H groups in total. The van der Waals surface area contributed by atoms with Gasteiger partial charge in [0.1, 0.15) is 10.7 Å². The molecule has 7 nitrogen and oxygen atoms in total. The van der Waals surface area contributed by atoms with E-state index in [1.165, 1.54) is 12.1 Å². The predicted molar refractivity (Wildman–Crippen MR) is 131 cm³/mol. The van der Waals surface area contributed by atoms with Gasteiger partial charge in [-0.1, -0.05) is 32.0 Å². The molecule has 182 valence electrons. The summed E-state index contributed by atoms with van der Waals surface area (Å²) in [4.78, 5) is 16.7. The van der Waals surface area contributed by atoms with Crippen molar-refractivity contribution in [2.75, 3.05) is 38.1 Å². The summed E-state index contributed by atoms with van der Waals surface area (Å²) in [6, 6.07) is 13.1. The monoisotopic (exact) mass is 486 g/mol. The van der Waals surface area contributed by atoms with Crippen molar-refractivity contribution in [3.63, 3.8) is 0 Å². The van der Waals surface area contributed by atoms with Crippen molar-refractivity contribution >= 4 is 27.5 Å². The molecule has 0 saturated carbocycles. The third-order valence-corrected chi connectivity index (χ3v) is 7.62. The van der Waals surface area contributed by atoms with Crippen LogP contribution in [0.3, 0.4) is 0 Å². The Morgan fingerprint density at radius 3 is 2.68 bits per heavy atom. The number of hydrogen-bond acceptors (Lipinski definition) is 5. The number of likely N-dealkylation sites (tertiary alicyclic amines) is 1. The van der Waals surface area contributed by atoms with Gasteiger partial charge in [-0.2, -0.15) is 8.42 Å². The van der Waals surface area contributed by atoms with Crippen LogP contribution in [-0.4, -0.2) is 58.3 Å². The molecule has 0 spiro atoms. The fourth-order valence-electron chi connectivity index (χ4n) is 4.53. The zero-order valence-electron chi connectivity index (χ0n) is 19.8. The fraction of sp³-hybridized carbons (Fsp3) is 0.440. The third-order valence-electron chi connectivity index (χ3n) is 6.32. The highest BCUT2D eigenvalue weighted by atomic mass is 32.2. The quantitative estimate of drug-likeness (QED) is 0.678. The number of amides is 1. The van der Waals surface area contributed by atoms with E-state index in [-0.39, 0.29) is 22.6 Å². The SMILES string of the molecule is CN1CCCC(C(=O)NCC(C)(C)CN(C2=NS(=O)(=O)c3cc(F)ccc32)c2ccccc2)C1. The van der Waals surface area contributed by atoms with E-state index >= 15 is 0 Å². The first-order chi connectivity index (χ1) is 16.1. The molecule has 1 amide bonds. The van der Waals surface area contributed by atoms with Crippen LogP contribution >= 0.6 is 0 Å². The van der Waals surface area contributed by atoms with Gasteiger partial charge in [0.25, 0.3) is 10.0 Å². The average Bonchev–Trinajstić information content (AvgIpc) is 3.06. The Hall–Kier alpha value is -2.78. The molecule has 0 aliphatic carbocycles. The zero-order valence-corrected chi connectivity index (χ0v) is 20.6. The number of halogens is 1. The van der Waals surface area contributed by atoms with Crippen molar-refractivity contribution in [1.29, 1.82) is 0 Å². The van der Waals surface area contributed by atoms with Gasteiger partial charge in [0.15, 0.2) is 5.84 Å². The van der Waals surface area contributed by atoms with Gasteiger partial charge in [0.2, 0.25) is 5.91 Å². The van der Waals surface area contributed by atoms with Crippen molar-refractivity contribution < 1.29 is 17.6 Å². The molecule has 9 heteroatoms. The molecule has 2 aromatic rings. The number of hydrogen-bond donors (Lipinski definition) is 1. The van der Waals surface area contributed by atoms with Crippen LogP contribution in [0.5, 0.6) is 0 Å². The smallest absolute Gasteiger partial charge is 0.285 e. The summed E-state index contributed by atoms with van der Waals surface area (Å²) in [7, 11) is -1.97. The lowest BCUT2D eigenvalue weighted by molar-refractivity contribution is -0.126. The number of piperidine rings is 1. The molecule has 2 aliphatic rings. The first kappa shape index (κ1) is 24.3. The highest BCUT2D eigenvalue weighted by molar-refractivity contribution is 7.90. The van der Waals surface area contributed by atoms with Crippen molar-refractivity contribution in [3.8, 4) is 0 Å². The largest absolute Gasteiger partial charge is 0.355 e. The summed E-state index contributed by atoms with van der Waals surface area (Å²) < 4.78 is 43.2. The molecule has 2 aromatic carbocycles. The topological polar surface area (TPSA) is 82.1 Å². The summed E-state index contributed by atoms with van der Waals surface area (Å²) >= 11 is 0. The van der Waals surface area contributed by atoms with E-state index in [4.69, 9.17) is 0 Å². The van der Waals surface area contributed by atoms with Gasteiger partial charge in [0.05, 0.1) is 5.92 Å². The van der Waals surface area contributed by atoms with Gasteiger partial charge < -0.3 is 15.1 Å². The predicted octanol–water partition coefficient (Wildman–Crippen LogP) is 3.27. The summed E-state index contributed by atoms with van der Waals surface area (Å²) in [5.74, 6) is -0.339. The van der Waals surface area contributed by atoms with Gasteiger partial charge in [0, 0.05) is 36.3 Å². The lowest BCUT2D eigenvalue weighted by Crippen LogP contribution is -2.47. The minimum Gasteiger partial charge on any atom is -0.355 e. The average molecular weight is 487 g/mol. The van der Waals surface area contributed by atoms with Crippen LogP contribution in [0.2, 0.25) is 0 Å². The number of anilines is 1. The molecule has 4 rings (SSSR count). The minimum absolute atomic E-state index is 0.0223. The van der Waals surface area contributed by atoms with E-state index in [2.05, 4.69) is 14.6 Å². The van der Waals surface area contributed by atoms with Crippen LogP contribution in [0.4, 0.5) is 10.1 Å². The second-order valence-electron chi connectivity index (χ2n) is 9.94. The number of benzene rings is 2. The van der Waals surface area contributed by atoms with E-state index in [0.29, 0.717) is 18.7 Å². The molecule has 2 heterocycles. The summed E-state index contributed by atoms with van der Waals surface area (Å²) in [6.07, 6.45) is 1.89. The van der Waals surface area contributed by atoms with Crippen molar-refractivity contribution in [2.24, 2.45) is 15.7 Å². The molecule has 1 fully saturated rings. The summed E-state index contributed by atoms with van der Waals surface area (Å²) in [5, 5.41) is 3.10. The Bertz CT molecular complexity index is 1200. The lowest BCUT2D eigenvalue weighted by atomic mass is 9.91. The number of nitrogens with one attached hydrogen (secondary N) is 1. The Morgan fingerprint density at radius 2 is 1.97 bits per heavy atom. The molecule has 1 saturated heterocycles. The van der Waals surface area contributed by atoms with E-state index < -0.39 is 21.3 Å². The van der Waals surface area contributed by atoms with Crippen LogP contribution < -0.4 is 10.2 Å². The number of carbonyl (C=O) groups excluding carboxylic acids is 1. The Morgan fingerprint density at radius 1 is 1.24 bits per heavy atom. The fourth-order valence-corrected chi connectivity index (χ4v) is 5.75. The molecular formula is C25H31FN4O3S. The van der Waals surface area contributed by atoms with Crippen LogP contribution in [0, 0.1) is 17.2 Å². The normalized spacial score (nSPS) is 19.9. The molecule has 0 bridgehead atoms. The number of fused-ring (bicyclic) bond motifs is 1. The van der Waals surface area contributed by atoms with Crippen LogP contribution in [0.15, 0.2) is 57.8 Å². The maximum Gasteiger partial charge on any atom is 0.285 e. The first-order valence-electron chi connectivity index (χ1n) is 11.5. The number of nitrogens with zero attached hydrogens (tertiary/aromatic N) is 3. The third kappa shape index (κ3) is 5.31. The van der Waals surface area contributed by atoms with Crippen LogP contribution in [0.1, 0.15) is 32.3 Å². The Kier molecular flexibility index (Phi) is 6.78. The maximum absolute atomic E-state index is 13.8. The number of sulfonamides is 1. The Balaban J connectivity index is 1.58. The second-order valence-corrected chi connectivity index (χ2v) is 11.5. The van der Waals surface area contributed by atoms with Crippen LogP contribution in [-0.2, 0) is 14.8 Å². The molecule has 2 aliphatic heterocycles. The molecule has 0 radical (unpaired) electrons. The highest BCUT2D eigenvalue weighted by Crippen LogP contribution is 2.32. The van der Waals surface area contributed by atoms with Crippen LogP contribution in [0.25, 0.3) is 0 Å². The molecule has 0 aromatic heterocycles. The van der Waals surface area contributed by atoms with Gasteiger partial charge in [-0.3, -0.25) is 4.79 Å². The lowest BCUT2D eigenvalue weighted by Gasteiger charge is -2.35. The Labute approximate surface area is 200 Å².